The second-order valence-electron chi connectivity index (χ2n) is 5.65. The van der Waals surface area contributed by atoms with Gasteiger partial charge >= 0.3 is 0 Å². The summed E-state index contributed by atoms with van der Waals surface area (Å²) in [7, 11) is 0. The van der Waals surface area contributed by atoms with Crippen molar-refractivity contribution in [3.05, 3.63) is 58.7 Å². The van der Waals surface area contributed by atoms with Gasteiger partial charge in [0.15, 0.2) is 0 Å². The minimum Gasteiger partial charge on any atom is -0.493 e. The highest BCUT2D eigenvalue weighted by Crippen LogP contribution is 2.36. The minimum absolute atomic E-state index is 0.122. The van der Waals surface area contributed by atoms with Crippen molar-refractivity contribution in [2.45, 2.75) is 24.6 Å². The first-order valence-electron chi connectivity index (χ1n) is 7.46. The predicted octanol–water partition coefficient (Wildman–Crippen LogP) is 4.27. The summed E-state index contributed by atoms with van der Waals surface area (Å²) in [4.78, 5) is 0. The number of fused-ring (bicyclic) bond motifs is 2. The van der Waals surface area contributed by atoms with Crippen LogP contribution < -0.4 is 9.47 Å². The van der Waals surface area contributed by atoms with Gasteiger partial charge in [-0.3, -0.25) is 0 Å². The van der Waals surface area contributed by atoms with E-state index >= 15 is 0 Å². The van der Waals surface area contributed by atoms with E-state index < -0.39 is 0 Å². The minimum atomic E-state index is -0.122. The van der Waals surface area contributed by atoms with Gasteiger partial charge in [-0.2, -0.15) is 0 Å². The van der Waals surface area contributed by atoms with E-state index in [2.05, 4.69) is 30.3 Å². The standard InChI is InChI=1S/C18H17ClO2/c19-18(15-4-6-17-13(11-15)7-9-21-17)14-3-5-16-12(10-14)2-1-8-20-16/h3-6,10-11,18H,1-2,7-9H2. The van der Waals surface area contributed by atoms with Gasteiger partial charge in [-0.05, 0) is 47.2 Å². The Balaban J connectivity index is 1.66. The average molecular weight is 301 g/mol. The number of rotatable bonds is 2. The highest BCUT2D eigenvalue weighted by Gasteiger charge is 2.18. The average Bonchev–Trinajstić information content (AvgIpc) is 3.01. The molecule has 0 radical (unpaired) electrons. The zero-order valence-electron chi connectivity index (χ0n) is 11.8. The smallest absolute Gasteiger partial charge is 0.122 e. The molecule has 2 nitrogen and oxygen atoms in total. The van der Waals surface area contributed by atoms with Crippen molar-refractivity contribution >= 4 is 11.6 Å². The van der Waals surface area contributed by atoms with Crippen LogP contribution in [0.2, 0.25) is 0 Å². The first kappa shape index (κ1) is 13.0. The van der Waals surface area contributed by atoms with Gasteiger partial charge in [0.05, 0.1) is 18.6 Å². The number of benzene rings is 2. The third-order valence-electron chi connectivity index (χ3n) is 4.23. The molecule has 0 N–H and O–H groups in total. The fourth-order valence-corrected chi connectivity index (χ4v) is 3.37. The number of hydrogen-bond acceptors (Lipinski definition) is 2. The zero-order chi connectivity index (χ0) is 14.2. The van der Waals surface area contributed by atoms with Crippen LogP contribution in [0.25, 0.3) is 0 Å². The van der Waals surface area contributed by atoms with Crippen molar-refractivity contribution in [2.24, 2.45) is 0 Å². The number of hydrogen-bond donors (Lipinski definition) is 0. The fraction of sp³-hybridized carbons (Fsp3) is 0.333. The lowest BCUT2D eigenvalue weighted by atomic mass is 9.97. The van der Waals surface area contributed by atoms with E-state index in [1.165, 1.54) is 11.1 Å². The Morgan fingerprint density at radius 1 is 0.810 bits per heavy atom. The third kappa shape index (κ3) is 2.38. The van der Waals surface area contributed by atoms with Crippen molar-refractivity contribution < 1.29 is 9.47 Å². The van der Waals surface area contributed by atoms with Gasteiger partial charge in [-0.25, -0.2) is 0 Å². The van der Waals surface area contributed by atoms with Crippen molar-refractivity contribution in [1.29, 1.82) is 0 Å². The normalized spacial score (nSPS) is 17.4. The molecule has 21 heavy (non-hydrogen) atoms. The summed E-state index contributed by atoms with van der Waals surface area (Å²) in [5, 5.41) is -0.122. The SMILES string of the molecule is ClC(c1ccc2c(c1)CCCO2)c1ccc2c(c1)CCO2. The number of ether oxygens (including phenoxy) is 2. The number of halogens is 1. The largest absolute Gasteiger partial charge is 0.493 e. The topological polar surface area (TPSA) is 18.5 Å². The molecule has 0 aromatic heterocycles. The first-order valence-corrected chi connectivity index (χ1v) is 7.90. The van der Waals surface area contributed by atoms with Gasteiger partial charge < -0.3 is 9.47 Å². The van der Waals surface area contributed by atoms with E-state index in [4.69, 9.17) is 21.1 Å². The van der Waals surface area contributed by atoms with Crippen LogP contribution >= 0.6 is 11.6 Å². The van der Waals surface area contributed by atoms with E-state index in [1.807, 2.05) is 6.07 Å². The van der Waals surface area contributed by atoms with Crippen LogP contribution in [0.5, 0.6) is 11.5 Å². The summed E-state index contributed by atoms with van der Waals surface area (Å²) < 4.78 is 11.2. The summed E-state index contributed by atoms with van der Waals surface area (Å²) >= 11 is 6.69. The molecule has 108 valence electrons. The molecular formula is C18H17ClO2. The molecule has 2 aromatic carbocycles. The van der Waals surface area contributed by atoms with E-state index in [0.29, 0.717) is 0 Å². The molecular weight excluding hydrogens is 284 g/mol. The van der Waals surface area contributed by atoms with Gasteiger partial charge in [0.25, 0.3) is 0 Å². The zero-order valence-corrected chi connectivity index (χ0v) is 12.5. The van der Waals surface area contributed by atoms with Crippen LogP contribution in [0, 0.1) is 0 Å². The third-order valence-corrected chi connectivity index (χ3v) is 4.74. The van der Waals surface area contributed by atoms with Crippen LogP contribution in [-0.2, 0) is 12.8 Å². The Labute approximate surface area is 129 Å². The van der Waals surface area contributed by atoms with E-state index in [-0.39, 0.29) is 5.38 Å². The molecule has 0 saturated heterocycles. The van der Waals surface area contributed by atoms with E-state index in [1.54, 1.807) is 0 Å². The molecule has 2 aliphatic heterocycles. The maximum absolute atomic E-state index is 6.69. The lowest BCUT2D eigenvalue weighted by Gasteiger charge is -2.19. The molecule has 0 spiro atoms. The van der Waals surface area contributed by atoms with Crippen LogP contribution in [0.1, 0.15) is 34.1 Å². The van der Waals surface area contributed by atoms with Crippen LogP contribution in [0.15, 0.2) is 36.4 Å². The molecule has 3 heteroatoms. The van der Waals surface area contributed by atoms with Gasteiger partial charge in [0, 0.05) is 6.42 Å². The van der Waals surface area contributed by atoms with Crippen LogP contribution in [-0.4, -0.2) is 13.2 Å². The van der Waals surface area contributed by atoms with Gasteiger partial charge in [0.1, 0.15) is 11.5 Å². The second kappa shape index (κ2) is 5.27. The maximum atomic E-state index is 6.69. The molecule has 0 saturated carbocycles. The lowest BCUT2D eigenvalue weighted by Crippen LogP contribution is -2.09. The number of alkyl halides is 1. The molecule has 4 rings (SSSR count). The number of aryl methyl sites for hydroxylation is 1. The van der Waals surface area contributed by atoms with Crippen LogP contribution in [0.3, 0.4) is 0 Å². The second-order valence-corrected chi connectivity index (χ2v) is 6.08. The molecule has 0 amide bonds. The van der Waals surface area contributed by atoms with Crippen molar-refractivity contribution in [3.8, 4) is 11.5 Å². The molecule has 0 fully saturated rings. The van der Waals surface area contributed by atoms with E-state index in [9.17, 15) is 0 Å². The monoisotopic (exact) mass is 300 g/mol. The Hall–Kier alpha value is -1.67. The molecule has 2 aromatic rings. The van der Waals surface area contributed by atoms with Crippen molar-refractivity contribution in [3.63, 3.8) is 0 Å². The maximum Gasteiger partial charge on any atom is 0.122 e. The summed E-state index contributed by atoms with van der Waals surface area (Å²) in [6.07, 6.45) is 3.13. The summed E-state index contributed by atoms with van der Waals surface area (Å²) in [6, 6.07) is 12.6. The predicted molar refractivity (Wildman–Crippen MR) is 83.6 cm³/mol. The first-order chi connectivity index (χ1) is 10.3. The van der Waals surface area contributed by atoms with Gasteiger partial charge in [0.2, 0.25) is 0 Å². The molecule has 2 aliphatic rings. The summed E-state index contributed by atoms with van der Waals surface area (Å²) in [5.74, 6) is 2.01. The van der Waals surface area contributed by atoms with Crippen molar-refractivity contribution in [2.75, 3.05) is 13.2 Å². The summed E-state index contributed by atoms with van der Waals surface area (Å²) in [5.41, 5.74) is 4.81. The quantitative estimate of drug-likeness (QED) is 0.771. The highest BCUT2D eigenvalue weighted by molar-refractivity contribution is 6.22. The van der Waals surface area contributed by atoms with Gasteiger partial charge in [-0.1, -0.05) is 24.3 Å². The molecule has 0 bridgehead atoms. The molecule has 1 atom stereocenters. The Kier molecular flexibility index (Phi) is 3.27. The molecule has 2 heterocycles. The fourth-order valence-electron chi connectivity index (χ4n) is 3.09. The Bertz CT molecular complexity index is 681. The Morgan fingerprint density at radius 2 is 1.43 bits per heavy atom. The molecule has 1 unspecified atom stereocenters. The van der Waals surface area contributed by atoms with E-state index in [0.717, 1.165) is 55.1 Å². The van der Waals surface area contributed by atoms with Gasteiger partial charge in [-0.15, -0.1) is 11.6 Å². The summed E-state index contributed by atoms with van der Waals surface area (Å²) in [6.45, 7) is 1.60. The lowest BCUT2D eigenvalue weighted by molar-refractivity contribution is 0.288. The van der Waals surface area contributed by atoms with Crippen molar-refractivity contribution in [1.82, 2.24) is 0 Å². The van der Waals surface area contributed by atoms with Crippen LogP contribution in [0.4, 0.5) is 0 Å². The Morgan fingerprint density at radius 3 is 2.14 bits per heavy atom. The molecule has 0 aliphatic carbocycles. The highest BCUT2D eigenvalue weighted by atomic mass is 35.5.